The van der Waals surface area contributed by atoms with Crippen molar-refractivity contribution in [2.75, 3.05) is 31.2 Å². The molecule has 0 radical (unpaired) electrons. The lowest BCUT2D eigenvalue weighted by atomic mass is 10.2. The topological polar surface area (TPSA) is 89.3 Å². The van der Waals surface area contributed by atoms with Crippen LogP contribution in [0.25, 0.3) is 0 Å². The van der Waals surface area contributed by atoms with Crippen LogP contribution in [-0.4, -0.2) is 31.1 Å². The summed E-state index contributed by atoms with van der Waals surface area (Å²) >= 11 is 0. The molecule has 0 aliphatic rings. The Labute approximate surface area is 123 Å². The van der Waals surface area contributed by atoms with E-state index in [-0.39, 0.29) is 5.91 Å². The van der Waals surface area contributed by atoms with Crippen LogP contribution < -0.4 is 21.1 Å². The van der Waals surface area contributed by atoms with Crippen LogP contribution in [0.1, 0.15) is 10.4 Å². The van der Waals surface area contributed by atoms with Crippen LogP contribution in [-0.2, 0) is 0 Å². The third-order valence-electron chi connectivity index (χ3n) is 2.89. The lowest BCUT2D eigenvalue weighted by Crippen LogP contribution is -2.29. The van der Waals surface area contributed by atoms with Crippen molar-refractivity contribution in [2.24, 2.45) is 0 Å². The van der Waals surface area contributed by atoms with Crippen LogP contribution in [0.2, 0.25) is 0 Å². The molecule has 2 aromatic rings. The van der Waals surface area contributed by atoms with Gasteiger partial charge in [0.1, 0.15) is 11.6 Å². The van der Waals surface area contributed by atoms with Crippen molar-refractivity contribution < 1.29 is 9.53 Å². The number of hydrogen-bond donors (Lipinski definition) is 3. The number of ether oxygens (including phenoxy) is 1. The first kappa shape index (κ1) is 14.6. The van der Waals surface area contributed by atoms with E-state index in [2.05, 4.69) is 15.6 Å². The minimum atomic E-state index is -0.178. The van der Waals surface area contributed by atoms with E-state index in [4.69, 9.17) is 10.5 Å². The van der Waals surface area contributed by atoms with Crippen LogP contribution in [0.5, 0.6) is 5.75 Å². The number of carbonyl (C=O) groups is 1. The number of nitrogens with zero attached hydrogens (tertiary/aromatic N) is 1. The van der Waals surface area contributed by atoms with Gasteiger partial charge in [0.15, 0.2) is 0 Å². The lowest BCUT2D eigenvalue weighted by Gasteiger charge is -2.10. The largest absolute Gasteiger partial charge is 0.496 e. The highest BCUT2D eigenvalue weighted by molar-refractivity contribution is 5.96. The van der Waals surface area contributed by atoms with Gasteiger partial charge in [-0.05, 0) is 24.3 Å². The molecule has 0 aliphatic heterocycles. The number of amides is 1. The number of carbonyl (C=O) groups excluding carboxylic acids is 1. The first-order valence-corrected chi connectivity index (χ1v) is 6.58. The molecule has 6 heteroatoms. The fourth-order valence-corrected chi connectivity index (χ4v) is 1.85. The fourth-order valence-electron chi connectivity index (χ4n) is 1.85. The Morgan fingerprint density at radius 1 is 1.24 bits per heavy atom. The number of aromatic nitrogens is 1. The molecule has 0 spiro atoms. The number of pyridine rings is 1. The van der Waals surface area contributed by atoms with Gasteiger partial charge >= 0.3 is 0 Å². The third kappa shape index (κ3) is 3.85. The molecule has 0 atom stereocenters. The molecule has 4 N–H and O–H groups in total. The van der Waals surface area contributed by atoms with Gasteiger partial charge in [-0.3, -0.25) is 4.79 Å². The maximum atomic E-state index is 12.0. The highest BCUT2D eigenvalue weighted by atomic mass is 16.5. The summed E-state index contributed by atoms with van der Waals surface area (Å²) < 4.78 is 5.15. The summed E-state index contributed by atoms with van der Waals surface area (Å²) in [4.78, 5) is 16.2. The van der Waals surface area contributed by atoms with Crippen molar-refractivity contribution in [3.63, 3.8) is 0 Å². The number of hydrogen-bond acceptors (Lipinski definition) is 5. The monoisotopic (exact) mass is 286 g/mol. The van der Waals surface area contributed by atoms with Crippen molar-refractivity contribution in [3.05, 3.63) is 48.2 Å². The predicted molar refractivity (Wildman–Crippen MR) is 82.5 cm³/mol. The zero-order valence-electron chi connectivity index (χ0n) is 11.8. The number of para-hydroxylation sites is 1. The highest BCUT2D eigenvalue weighted by Crippen LogP contribution is 2.16. The molecule has 0 fully saturated rings. The summed E-state index contributed by atoms with van der Waals surface area (Å²) in [6.45, 7) is 0.981. The van der Waals surface area contributed by atoms with Gasteiger partial charge in [0, 0.05) is 19.3 Å². The maximum absolute atomic E-state index is 12.0. The van der Waals surface area contributed by atoms with Crippen LogP contribution in [0.15, 0.2) is 42.6 Å². The number of nitrogen functional groups attached to an aromatic ring is 1. The van der Waals surface area contributed by atoms with Crippen molar-refractivity contribution in [1.82, 2.24) is 10.3 Å². The van der Waals surface area contributed by atoms with E-state index in [1.54, 1.807) is 36.5 Å². The molecular formula is C15H18N4O2. The number of methoxy groups -OCH3 is 1. The van der Waals surface area contributed by atoms with Crippen molar-refractivity contribution in [1.29, 1.82) is 0 Å². The molecule has 110 valence electrons. The van der Waals surface area contributed by atoms with E-state index in [1.165, 1.54) is 7.11 Å². The minimum absolute atomic E-state index is 0.178. The summed E-state index contributed by atoms with van der Waals surface area (Å²) in [5.41, 5.74) is 6.85. The summed E-state index contributed by atoms with van der Waals surface area (Å²) in [6, 6.07) is 10.6. The number of nitrogens with two attached hydrogens (primary N) is 1. The van der Waals surface area contributed by atoms with Gasteiger partial charge in [-0.2, -0.15) is 0 Å². The Kier molecular flexibility index (Phi) is 4.98. The first-order valence-electron chi connectivity index (χ1n) is 6.58. The van der Waals surface area contributed by atoms with Crippen LogP contribution >= 0.6 is 0 Å². The number of anilines is 2. The molecule has 1 amide bonds. The van der Waals surface area contributed by atoms with Gasteiger partial charge in [0.2, 0.25) is 0 Å². The van der Waals surface area contributed by atoms with E-state index in [1.807, 2.05) is 6.07 Å². The number of nitrogens with one attached hydrogen (secondary N) is 2. The van der Waals surface area contributed by atoms with E-state index < -0.39 is 0 Å². The fraction of sp³-hybridized carbons (Fsp3) is 0.200. The van der Waals surface area contributed by atoms with Crippen LogP contribution in [0, 0.1) is 0 Å². The molecule has 21 heavy (non-hydrogen) atoms. The Morgan fingerprint density at radius 2 is 2.05 bits per heavy atom. The Morgan fingerprint density at radius 3 is 2.81 bits per heavy atom. The molecule has 1 aromatic carbocycles. The second-order valence-electron chi connectivity index (χ2n) is 4.32. The second-order valence-corrected chi connectivity index (χ2v) is 4.32. The standard InChI is InChI=1S/C15H18N4O2/c1-21-13-7-3-2-5-11(13)15(20)19-10-9-18-14-12(16)6-4-8-17-14/h2-8H,9-10,16H2,1H3,(H,17,18)(H,19,20). The first-order chi connectivity index (χ1) is 10.2. The zero-order valence-corrected chi connectivity index (χ0v) is 11.8. The third-order valence-corrected chi connectivity index (χ3v) is 2.89. The summed E-state index contributed by atoms with van der Waals surface area (Å²) in [6.07, 6.45) is 1.66. The average Bonchev–Trinajstić information content (AvgIpc) is 2.52. The van der Waals surface area contributed by atoms with E-state index >= 15 is 0 Å². The van der Waals surface area contributed by atoms with Gasteiger partial charge < -0.3 is 21.1 Å². The molecule has 1 heterocycles. The summed E-state index contributed by atoms with van der Waals surface area (Å²) in [7, 11) is 1.54. The molecule has 2 rings (SSSR count). The van der Waals surface area contributed by atoms with Gasteiger partial charge in [-0.1, -0.05) is 12.1 Å². The zero-order chi connectivity index (χ0) is 15.1. The molecule has 0 saturated carbocycles. The molecule has 1 aromatic heterocycles. The average molecular weight is 286 g/mol. The number of rotatable bonds is 6. The van der Waals surface area contributed by atoms with Crippen LogP contribution in [0.3, 0.4) is 0 Å². The molecule has 0 saturated heterocycles. The Bertz CT molecular complexity index is 616. The van der Waals surface area contributed by atoms with Crippen LogP contribution in [0.4, 0.5) is 11.5 Å². The van der Waals surface area contributed by atoms with E-state index in [9.17, 15) is 4.79 Å². The Balaban J connectivity index is 1.83. The van der Waals surface area contributed by atoms with Crippen molar-refractivity contribution in [2.45, 2.75) is 0 Å². The lowest BCUT2D eigenvalue weighted by molar-refractivity contribution is 0.0952. The SMILES string of the molecule is COc1ccccc1C(=O)NCCNc1ncccc1N. The molecular weight excluding hydrogens is 268 g/mol. The van der Waals surface area contributed by atoms with Gasteiger partial charge in [-0.25, -0.2) is 4.98 Å². The van der Waals surface area contributed by atoms with Gasteiger partial charge in [-0.15, -0.1) is 0 Å². The maximum Gasteiger partial charge on any atom is 0.255 e. The quantitative estimate of drug-likeness (QED) is 0.700. The Hall–Kier alpha value is -2.76. The second kappa shape index (κ2) is 7.14. The smallest absolute Gasteiger partial charge is 0.255 e. The summed E-state index contributed by atoms with van der Waals surface area (Å²) in [5.74, 6) is 0.990. The number of benzene rings is 1. The molecule has 0 bridgehead atoms. The molecule has 0 aliphatic carbocycles. The van der Waals surface area contributed by atoms with Crippen molar-refractivity contribution in [3.8, 4) is 5.75 Å². The molecule has 0 unspecified atom stereocenters. The normalized spacial score (nSPS) is 9.95. The summed E-state index contributed by atoms with van der Waals surface area (Å²) in [5, 5.41) is 5.88. The van der Waals surface area contributed by atoms with Gasteiger partial charge in [0.25, 0.3) is 5.91 Å². The minimum Gasteiger partial charge on any atom is -0.496 e. The molecule has 6 nitrogen and oxygen atoms in total. The van der Waals surface area contributed by atoms with E-state index in [0.717, 1.165) is 0 Å². The predicted octanol–water partition coefficient (Wildman–Crippen LogP) is 1.51. The van der Waals surface area contributed by atoms with Gasteiger partial charge in [0.05, 0.1) is 18.4 Å². The van der Waals surface area contributed by atoms with E-state index in [0.29, 0.717) is 35.9 Å². The van der Waals surface area contributed by atoms with Crippen molar-refractivity contribution >= 4 is 17.4 Å². The highest BCUT2D eigenvalue weighted by Gasteiger charge is 2.10.